The number of pyridine rings is 1. The standard InChI is InChI=1S/C21H25F3N4O3/c1-13-4-7-16(8-5-13)27(3)19(29)12-31-20(30)17-11-26-28(14(17)2)18-9-6-15(10-25-18)21(22,23)24/h6,9-11,13,16H,4-5,7-8,12H2,1-3H3. The van der Waals surface area contributed by atoms with Crippen LogP contribution in [0.15, 0.2) is 24.5 Å². The number of nitrogens with zero attached hydrogens (tertiary/aromatic N) is 4. The van der Waals surface area contributed by atoms with Gasteiger partial charge in [0.05, 0.1) is 17.5 Å². The molecule has 2 aromatic heterocycles. The lowest BCUT2D eigenvalue weighted by atomic mass is 9.87. The quantitative estimate of drug-likeness (QED) is 0.664. The Hall–Kier alpha value is -2.91. The second kappa shape index (κ2) is 9.07. The van der Waals surface area contributed by atoms with Crippen molar-refractivity contribution in [1.82, 2.24) is 19.7 Å². The van der Waals surface area contributed by atoms with Crippen molar-refractivity contribution in [3.63, 3.8) is 0 Å². The zero-order valence-electron chi connectivity index (χ0n) is 17.6. The average Bonchev–Trinajstić information content (AvgIpc) is 3.12. The number of likely N-dealkylation sites (N-methyl/N-ethyl adjacent to an activating group) is 1. The molecule has 10 heteroatoms. The van der Waals surface area contributed by atoms with Crippen LogP contribution >= 0.6 is 0 Å². The number of alkyl halides is 3. The molecular formula is C21H25F3N4O3. The van der Waals surface area contributed by atoms with Gasteiger partial charge in [-0.3, -0.25) is 4.79 Å². The lowest BCUT2D eigenvalue weighted by Crippen LogP contribution is -2.41. The molecule has 2 heterocycles. The van der Waals surface area contributed by atoms with Crippen LogP contribution in [-0.2, 0) is 15.7 Å². The molecule has 0 atom stereocenters. The Labute approximate surface area is 178 Å². The fourth-order valence-electron chi connectivity index (χ4n) is 3.66. The fourth-order valence-corrected chi connectivity index (χ4v) is 3.66. The summed E-state index contributed by atoms with van der Waals surface area (Å²) in [7, 11) is 1.72. The maximum absolute atomic E-state index is 12.7. The normalized spacial score (nSPS) is 19.2. The van der Waals surface area contributed by atoms with Gasteiger partial charge < -0.3 is 9.64 Å². The van der Waals surface area contributed by atoms with Crippen LogP contribution in [0.4, 0.5) is 13.2 Å². The summed E-state index contributed by atoms with van der Waals surface area (Å²) < 4.78 is 44.5. The summed E-state index contributed by atoms with van der Waals surface area (Å²) in [5.74, 6) is -0.208. The topological polar surface area (TPSA) is 77.3 Å². The minimum absolute atomic E-state index is 0.114. The smallest absolute Gasteiger partial charge is 0.417 e. The summed E-state index contributed by atoms with van der Waals surface area (Å²) in [6.07, 6.45) is 1.46. The van der Waals surface area contributed by atoms with E-state index >= 15 is 0 Å². The molecular weight excluding hydrogens is 413 g/mol. The highest BCUT2D eigenvalue weighted by Crippen LogP contribution is 2.29. The van der Waals surface area contributed by atoms with Crippen molar-refractivity contribution >= 4 is 11.9 Å². The molecule has 0 unspecified atom stereocenters. The molecule has 7 nitrogen and oxygen atoms in total. The van der Waals surface area contributed by atoms with Gasteiger partial charge in [0.15, 0.2) is 12.4 Å². The minimum Gasteiger partial charge on any atom is -0.452 e. The number of halogens is 3. The molecule has 3 rings (SSSR count). The van der Waals surface area contributed by atoms with Crippen molar-refractivity contribution in [2.75, 3.05) is 13.7 Å². The van der Waals surface area contributed by atoms with E-state index in [2.05, 4.69) is 17.0 Å². The van der Waals surface area contributed by atoms with Gasteiger partial charge in [0.2, 0.25) is 0 Å². The molecule has 1 amide bonds. The van der Waals surface area contributed by atoms with Crippen molar-refractivity contribution in [1.29, 1.82) is 0 Å². The fraction of sp³-hybridized carbons (Fsp3) is 0.524. The van der Waals surface area contributed by atoms with E-state index in [0.717, 1.165) is 31.7 Å². The van der Waals surface area contributed by atoms with E-state index in [9.17, 15) is 22.8 Å². The van der Waals surface area contributed by atoms with Crippen molar-refractivity contribution < 1.29 is 27.5 Å². The molecule has 168 valence electrons. The monoisotopic (exact) mass is 438 g/mol. The van der Waals surface area contributed by atoms with Crippen molar-refractivity contribution in [2.24, 2.45) is 5.92 Å². The van der Waals surface area contributed by atoms with Crippen molar-refractivity contribution in [2.45, 2.75) is 51.7 Å². The van der Waals surface area contributed by atoms with E-state index in [1.807, 2.05) is 0 Å². The van der Waals surface area contributed by atoms with Crippen LogP contribution in [0, 0.1) is 12.8 Å². The molecule has 0 saturated heterocycles. The lowest BCUT2D eigenvalue weighted by molar-refractivity contribution is -0.138. The Morgan fingerprint density at radius 1 is 1.19 bits per heavy atom. The Kier molecular flexibility index (Phi) is 6.66. The van der Waals surface area contributed by atoms with Crippen LogP contribution in [0.2, 0.25) is 0 Å². The number of amides is 1. The number of hydrogen-bond donors (Lipinski definition) is 0. The van der Waals surface area contributed by atoms with Crippen molar-refractivity contribution in [3.8, 4) is 5.82 Å². The Morgan fingerprint density at radius 3 is 2.45 bits per heavy atom. The summed E-state index contributed by atoms with van der Waals surface area (Å²) in [4.78, 5) is 30.2. The van der Waals surface area contributed by atoms with E-state index in [4.69, 9.17) is 4.74 Å². The van der Waals surface area contributed by atoms with Crippen LogP contribution in [0.25, 0.3) is 5.82 Å². The molecule has 0 radical (unpaired) electrons. The summed E-state index contributed by atoms with van der Waals surface area (Å²) in [6, 6.07) is 2.21. The van der Waals surface area contributed by atoms with Gasteiger partial charge >= 0.3 is 12.1 Å². The minimum atomic E-state index is -4.49. The van der Waals surface area contributed by atoms with E-state index in [1.165, 1.54) is 16.9 Å². The molecule has 0 aromatic carbocycles. The molecule has 0 spiro atoms. The first-order valence-electron chi connectivity index (χ1n) is 10.1. The Balaban J connectivity index is 1.61. The average molecular weight is 438 g/mol. The van der Waals surface area contributed by atoms with E-state index < -0.39 is 17.7 Å². The van der Waals surface area contributed by atoms with Crippen molar-refractivity contribution in [3.05, 3.63) is 41.3 Å². The summed E-state index contributed by atoms with van der Waals surface area (Å²) in [5.41, 5.74) is -0.418. The van der Waals surface area contributed by atoms with E-state index in [0.29, 0.717) is 17.8 Å². The maximum Gasteiger partial charge on any atom is 0.417 e. The third kappa shape index (κ3) is 5.23. The van der Waals surface area contributed by atoms with Crippen LogP contribution in [-0.4, -0.2) is 51.2 Å². The van der Waals surface area contributed by atoms with Gasteiger partial charge in [-0.1, -0.05) is 6.92 Å². The summed E-state index contributed by atoms with van der Waals surface area (Å²) in [6.45, 7) is 3.38. The predicted molar refractivity (Wildman–Crippen MR) is 106 cm³/mol. The molecule has 0 aliphatic heterocycles. The van der Waals surface area contributed by atoms with Crippen LogP contribution < -0.4 is 0 Å². The van der Waals surface area contributed by atoms with Gasteiger partial charge in [-0.25, -0.2) is 14.5 Å². The zero-order chi connectivity index (χ0) is 22.8. The van der Waals surface area contributed by atoms with Crippen LogP contribution in [0.5, 0.6) is 0 Å². The summed E-state index contributed by atoms with van der Waals surface area (Å²) >= 11 is 0. The van der Waals surface area contributed by atoms with E-state index in [1.54, 1.807) is 18.9 Å². The number of hydrogen-bond acceptors (Lipinski definition) is 5. The number of carbonyl (C=O) groups is 2. The second-order valence-corrected chi connectivity index (χ2v) is 7.95. The van der Waals surface area contributed by atoms with Gasteiger partial charge in [0.25, 0.3) is 5.91 Å². The highest BCUT2D eigenvalue weighted by atomic mass is 19.4. The first-order chi connectivity index (χ1) is 14.6. The molecule has 1 aliphatic carbocycles. The highest BCUT2D eigenvalue weighted by molar-refractivity contribution is 5.92. The molecule has 1 aliphatic rings. The zero-order valence-corrected chi connectivity index (χ0v) is 17.6. The van der Waals surface area contributed by atoms with Gasteiger partial charge in [0.1, 0.15) is 5.56 Å². The lowest BCUT2D eigenvalue weighted by Gasteiger charge is -2.33. The van der Waals surface area contributed by atoms with Crippen LogP contribution in [0.3, 0.4) is 0 Å². The van der Waals surface area contributed by atoms with Gasteiger partial charge in [-0.05, 0) is 50.7 Å². The summed E-state index contributed by atoms with van der Waals surface area (Å²) in [5, 5.41) is 4.02. The second-order valence-electron chi connectivity index (χ2n) is 7.95. The SMILES string of the molecule is Cc1c(C(=O)OCC(=O)N(C)C2CCC(C)CC2)cnn1-c1ccc(C(F)(F)F)cn1. The molecule has 2 aromatic rings. The number of ether oxygens (including phenoxy) is 1. The maximum atomic E-state index is 12.7. The third-order valence-electron chi connectivity index (χ3n) is 5.78. The largest absolute Gasteiger partial charge is 0.452 e. The van der Waals surface area contributed by atoms with Crippen LogP contribution in [0.1, 0.15) is 54.2 Å². The molecule has 1 saturated carbocycles. The van der Waals surface area contributed by atoms with E-state index in [-0.39, 0.29) is 29.9 Å². The highest BCUT2D eigenvalue weighted by Gasteiger charge is 2.31. The van der Waals surface area contributed by atoms with Gasteiger partial charge in [-0.2, -0.15) is 18.3 Å². The predicted octanol–water partition coefficient (Wildman–Crippen LogP) is 3.79. The van der Waals surface area contributed by atoms with Gasteiger partial charge in [-0.15, -0.1) is 0 Å². The third-order valence-corrected chi connectivity index (χ3v) is 5.78. The molecule has 0 N–H and O–H groups in total. The molecule has 1 fully saturated rings. The number of carbonyl (C=O) groups excluding carboxylic acids is 2. The first kappa shape index (κ1) is 22.8. The Bertz CT molecular complexity index is 932. The molecule has 0 bridgehead atoms. The first-order valence-corrected chi connectivity index (χ1v) is 10.1. The van der Waals surface area contributed by atoms with Gasteiger partial charge in [0, 0.05) is 19.3 Å². The number of aromatic nitrogens is 3. The molecule has 31 heavy (non-hydrogen) atoms. The number of esters is 1. The Morgan fingerprint density at radius 2 is 1.87 bits per heavy atom. The number of rotatable bonds is 5.